The number of piperazine rings is 1. The summed E-state index contributed by atoms with van der Waals surface area (Å²) in [5.41, 5.74) is 2.10. The maximum Gasteiger partial charge on any atom is 0.195 e. The van der Waals surface area contributed by atoms with E-state index < -0.39 is 0 Å². The number of benzene rings is 1. The Labute approximate surface area is 199 Å². The number of aromatic nitrogens is 3. The predicted octanol–water partition coefficient (Wildman–Crippen LogP) is 3.09. The molecule has 1 aromatic carbocycles. The summed E-state index contributed by atoms with van der Waals surface area (Å²) in [5, 5.41) is 9.45. The van der Waals surface area contributed by atoms with Crippen LogP contribution in [0.5, 0.6) is 5.75 Å². The van der Waals surface area contributed by atoms with Crippen LogP contribution in [-0.4, -0.2) is 70.6 Å². The highest BCUT2D eigenvalue weighted by molar-refractivity contribution is 7.99. The molecule has 0 unspecified atom stereocenters. The summed E-state index contributed by atoms with van der Waals surface area (Å²) in [6, 6.07) is 14.2. The number of anilines is 1. The number of nitrogens with zero attached hydrogens (tertiary/aromatic N) is 5. The predicted molar refractivity (Wildman–Crippen MR) is 131 cm³/mol. The van der Waals surface area contributed by atoms with Gasteiger partial charge in [0.15, 0.2) is 10.8 Å². The Hall–Kier alpha value is -1.42. The lowest BCUT2D eigenvalue weighted by Gasteiger charge is -2.36. The van der Waals surface area contributed by atoms with Crippen molar-refractivity contribution < 1.29 is 10.2 Å². The van der Waals surface area contributed by atoms with E-state index in [9.17, 15) is 0 Å². The zero-order valence-corrected chi connectivity index (χ0v) is 19.9. The number of pyridine rings is 1. The fourth-order valence-corrected chi connectivity index (χ4v) is 4.21. The minimum atomic E-state index is 0. The summed E-state index contributed by atoms with van der Waals surface area (Å²) in [4.78, 5) is 4.93. The van der Waals surface area contributed by atoms with Gasteiger partial charge in [0.2, 0.25) is 0 Å². The number of rotatable bonds is 6. The molecule has 0 bridgehead atoms. The van der Waals surface area contributed by atoms with Crippen molar-refractivity contribution in [1.82, 2.24) is 19.5 Å². The quantitative estimate of drug-likeness (QED) is 0.488. The van der Waals surface area contributed by atoms with Crippen LogP contribution in [0.15, 0.2) is 53.8 Å². The second-order valence-corrected chi connectivity index (χ2v) is 7.32. The molecule has 0 saturated carbocycles. The highest BCUT2D eigenvalue weighted by Gasteiger charge is 2.19. The maximum absolute atomic E-state index is 5.49. The van der Waals surface area contributed by atoms with Gasteiger partial charge in [-0.25, -0.2) is 0 Å². The molecule has 2 N–H and O–H groups in total. The average Bonchev–Trinajstić information content (AvgIpc) is 3.12. The lowest BCUT2D eigenvalue weighted by atomic mass is 10.2. The molecule has 7 nitrogen and oxygen atoms in total. The van der Waals surface area contributed by atoms with Crippen LogP contribution in [0.25, 0.3) is 5.65 Å². The van der Waals surface area contributed by atoms with Gasteiger partial charge in [-0.05, 0) is 24.3 Å². The fourth-order valence-electron chi connectivity index (χ4n) is 3.29. The molecule has 30 heavy (non-hydrogen) atoms. The van der Waals surface area contributed by atoms with Crippen molar-refractivity contribution in [2.75, 3.05) is 50.5 Å². The fraction of sp³-hybridized carbons (Fsp3) is 0.368. The second-order valence-electron chi connectivity index (χ2n) is 6.26. The highest BCUT2D eigenvalue weighted by Crippen LogP contribution is 2.28. The SMILES string of the molecule is COc1ccccc1N1CCN(CCSc2nnc3ccccn23)CC1.Cl.Cl.Cl.O. The standard InChI is InChI=1S/C19H23N5OS.3ClH.H2O/c1-25-17-7-3-2-6-16(17)23-12-10-22(11-13-23)14-15-26-19-21-20-18-8-4-5-9-24(18)19;;;;/h2-9H,10-15H2,1H3;3*1H;1H2. The number of methoxy groups -OCH3 is 1. The molecule has 1 saturated heterocycles. The van der Waals surface area contributed by atoms with Gasteiger partial charge in [0.25, 0.3) is 0 Å². The highest BCUT2D eigenvalue weighted by atomic mass is 35.5. The Bertz CT molecular complexity index is 878. The third-order valence-corrected chi connectivity index (χ3v) is 5.64. The molecular weight excluding hydrogens is 469 g/mol. The Morgan fingerprint density at radius 2 is 1.63 bits per heavy atom. The number of thioether (sulfide) groups is 1. The third kappa shape index (κ3) is 6.54. The molecule has 168 valence electrons. The smallest absolute Gasteiger partial charge is 0.195 e. The van der Waals surface area contributed by atoms with Crippen LogP contribution in [0.1, 0.15) is 0 Å². The van der Waals surface area contributed by atoms with Crippen LogP contribution in [0.2, 0.25) is 0 Å². The van der Waals surface area contributed by atoms with Crippen molar-refractivity contribution in [2.45, 2.75) is 5.16 Å². The van der Waals surface area contributed by atoms with Crippen LogP contribution in [-0.2, 0) is 0 Å². The van der Waals surface area contributed by atoms with Gasteiger partial charge in [-0.3, -0.25) is 9.30 Å². The van der Waals surface area contributed by atoms with E-state index in [1.807, 2.05) is 40.9 Å². The summed E-state index contributed by atoms with van der Waals surface area (Å²) in [6.45, 7) is 5.25. The first kappa shape index (κ1) is 28.6. The molecule has 0 amide bonds. The second kappa shape index (κ2) is 13.8. The van der Waals surface area contributed by atoms with Crippen molar-refractivity contribution in [3.8, 4) is 5.75 Å². The number of hydrogen-bond donors (Lipinski definition) is 0. The Balaban J connectivity index is 0.00000210. The van der Waals surface area contributed by atoms with Gasteiger partial charge in [0, 0.05) is 44.7 Å². The van der Waals surface area contributed by atoms with Gasteiger partial charge >= 0.3 is 0 Å². The van der Waals surface area contributed by atoms with Crippen molar-refractivity contribution in [3.63, 3.8) is 0 Å². The van der Waals surface area contributed by atoms with Gasteiger partial charge in [-0.15, -0.1) is 47.4 Å². The van der Waals surface area contributed by atoms with Gasteiger partial charge in [-0.1, -0.05) is 30.0 Å². The van der Waals surface area contributed by atoms with Gasteiger partial charge in [0.05, 0.1) is 12.8 Å². The van der Waals surface area contributed by atoms with Crippen LogP contribution in [0.3, 0.4) is 0 Å². The van der Waals surface area contributed by atoms with E-state index in [-0.39, 0.29) is 42.7 Å². The van der Waals surface area contributed by atoms with E-state index in [0.717, 1.165) is 55.0 Å². The van der Waals surface area contributed by atoms with E-state index >= 15 is 0 Å². The summed E-state index contributed by atoms with van der Waals surface area (Å²) in [7, 11) is 1.74. The topological polar surface area (TPSA) is 77.4 Å². The lowest BCUT2D eigenvalue weighted by molar-refractivity contribution is 0.272. The maximum atomic E-state index is 5.49. The molecule has 0 aliphatic carbocycles. The Kier molecular flexibility index (Phi) is 13.1. The van der Waals surface area contributed by atoms with E-state index in [0.29, 0.717) is 0 Å². The number of hydrogen-bond acceptors (Lipinski definition) is 6. The van der Waals surface area contributed by atoms with Gasteiger partial charge in [0.1, 0.15) is 5.75 Å². The molecule has 3 aromatic rings. The van der Waals surface area contributed by atoms with E-state index in [1.165, 1.54) is 5.69 Å². The third-order valence-electron chi connectivity index (χ3n) is 4.72. The summed E-state index contributed by atoms with van der Waals surface area (Å²) in [5.74, 6) is 1.97. The van der Waals surface area contributed by atoms with Gasteiger partial charge < -0.3 is 15.1 Å². The molecule has 0 spiro atoms. The molecule has 1 fully saturated rings. The Morgan fingerprint density at radius 3 is 2.37 bits per heavy atom. The van der Waals surface area contributed by atoms with E-state index in [1.54, 1.807) is 18.9 Å². The molecule has 1 aliphatic heterocycles. The first-order valence-corrected chi connectivity index (χ1v) is 9.86. The van der Waals surface area contributed by atoms with Crippen LogP contribution >= 0.6 is 49.0 Å². The molecule has 0 radical (unpaired) electrons. The molecule has 2 aromatic heterocycles. The van der Waals surface area contributed by atoms with Crippen molar-refractivity contribution in [2.24, 2.45) is 0 Å². The van der Waals surface area contributed by atoms with Crippen molar-refractivity contribution in [1.29, 1.82) is 0 Å². The van der Waals surface area contributed by atoms with Crippen LogP contribution in [0, 0.1) is 0 Å². The first-order valence-electron chi connectivity index (χ1n) is 8.88. The average molecular weight is 497 g/mol. The number of ether oxygens (including phenoxy) is 1. The van der Waals surface area contributed by atoms with E-state index in [2.05, 4.69) is 32.1 Å². The monoisotopic (exact) mass is 495 g/mol. The van der Waals surface area contributed by atoms with E-state index in [4.69, 9.17) is 4.74 Å². The number of para-hydroxylation sites is 2. The lowest BCUT2D eigenvalue weighted by Crippen LogP contribution is -2.47. The summed E-state index contributed by atoms with van der Waals surface area (Å²) >= 11 is 1.77. The minimum absolute atomic E-state index is 0. The van der Waals surface area contributed by atoms with Crippen LogP contribution in [0.4, 0.5) is 5.69 Å². The zero-order valence-electron chi connectivity index (χ0n) is 16.6. The van der Waals surface area contributed by atoms with Crippen molar-refractivity contribution in [3.05, 3.63) is 48.7 Å². The normalized spacial score (nSPS) is 13.4. The van der Waals surface area contributed by atoms with Crippen LogP contribution < -0.4 is 9.64 Å². The minimum Gasteiger partial charge on any atom is -0.495 e. The molecular formula is C19H28Cl3N5O2S. The Morgan fingerprint density at radius 1 is 0.933 bits per heavy atom. The zero-order chi connectivity index (χ0) is 17.8. The van der Waals surface area contributed by atoms with Gasteiger partial charge in [-0.2, -0.15) is 0 Å². The summed E-state index contributed by atoms with van der Waals surface area (Å²) < 4.78 is 7.54. The largest absolute Gasteiger partial charge is 0.495 e. The molecule has 3 heterocycles. The number of halogens is 3. The first-order chi connectivity index (χ1) is 12.8. The number of fused-ring (bicyclic) bond motifs is 1. The molecule has 0 atom stereocenters. The summed E-state index contributed by atoms with van der Waals surface area (Å²) in [6.07, 6.45) is 2.02. The van der Waals surface area contributed by atoms with Crippen molar-refractivity contribution >= 4 is 60.3 Å². The molecule has 11 heteroatoms. The molecule has 1 aliphatic rings. The molecule has 4 rings (SSSR count).